The van der Waals surface area contributed by atoms with Crippen molar-refractivity contribution in [3.05, 3.63) is 18.2 Å². The average Bonchev–Trinajstić information content (AvgIpc) is 2.92. The molecule has 7 heteroatoms. The van der Waals surface area contributed by atoms with E-state index < -0.39 is 6.04 Å². The van der Waals surface area contributed by atoms with Crippen molar-refractivity contribution in [2.75, 3.05) is 20.3 Å². The van der Waals surface area contributed by atoms with Gasteiger partial charge in [0.05, 0.1) is 12.6 Å². The zero-order chi connectivity index (χ0) is 13.0. The quantitative estimate of drug-likeness (QED) is 0.860. The van der Waals surface area contributed by atoms with Crippen LogP contribution in [-0.4, -0.2) is 47.1 Å². The van der Waals surface area contributed by atoms with Gasteiger partial charge >= 0.3 is 0 Å². The van der Waals surface area contributed by atoms with E-state index in [-0.39, 0.29) is 31.0 Å². The number of nitrogens with zero attached hydrogens (tertiary/aromatic N) is 2. The highest BCUT2D eigenvalue weighted by atomic mass is 35.5. The van der Waals surface area contributed by atoms with Crippen LogP contribution in [0.3, 0.4) is 0 Å². The van der Waals surface area contributed by atoms with Crippen LogP contribution in [0, 0.1) is 0 Å². The van der Waals surface area contributed by atoms with Gasteiger partial charge in [0.2, 0.25) is 5.91 Å². The van der Waals surface area contributed by atoms with Gasteiger partial charge in [-0.15, -0.1) is 12.4 Å². The van der Waals surface area contributed by atoms with Crippen molar-refractivity contribution in [2.45, 2.75) is 31.3 Å². The maximum atomic E-state index is 12.3. The van der Waals surface area contributed by atoms with E-state index in [2.05, 4.69) is 9.97 Å². The molecule has 1 amide bonds. The van der Waals surface area contributed by atoms with Crippen LogP contribution >= 0.6 is 12.4 Å². The summed E-state index contributed by atoms with van der Waals surface area (Å²) < 4.78 is 4.95. The van der Waals surface area contributed by atoms with Crippen LogP contribution in [0.2, 0.25) is 0 Å². The maximum Gasteiger partial charge on any atom is 0.242 e. The van der Waals surface area contributed by atoms with Crippen LogP contribution in [0.1, 0.15) is 31.1 Å². The minimum absolute atomic E-state index is 0. The molecular weight excluding hydrogens is 268 g/mol. The third kappa shape index (κ3) is 3.68. The van der Waals surface area contributed by atoms with Gasteiger partial charge in [-0.05, 0) is 19.3 Å². The Morgan fingerprint density at radius 2 is 2.47 bits per heavy atom. The smallest absolute Gasteiger partial charge is 0.242 e. The largest absolute Gasteiger partial charge is 0.383 e. The van der Waals surface area contributed by atoms with Crippen LogP contribution in [0.5, 0.6) is 0 Å². The lowest BCUT2D eigenvalue weighted by atomic mass is 10.0. The summed E-state index contributed by atoms with van der Waals surface area (Å²) in [5, 5.41) is 0. The van der Waals surface area contributed by atoms with Gasteiger partial charge in [0.25, 0.3) is 0 Å². The molecule has 1 aliphatic heterocycles. The molecule has 1 aromatic heterocycles. The first-order valence-corrected chi connectivity index (χ1v) is 6.28. The number of piperidine rings is 1. The number of halogens is 1. The number of ether oxygens (including phenoxy) is 1. The van der Waals surface area contributed by atoms with E-state index >= 15 is 0 Å². The normalized spacial score (nSPS) is 20.7. The number of aromatic amines is 1. The molecule has 1 aliphatic rings. The van der Waals surface area contributed by atoms with Gasteiger partial charge < -0.3 is 20.4 Å². The second-order valence-corrected chi connectivity index (χ2v) is 4.58. The Labute approximate surface area is 119 Å². The first-order valence-electron chi connectivity index (χ1n) is 6.28. The zero-order valence-corrected chi connectivity index (χ0v) is 11.9. The number of amides is 1. The summed E-state index contributed by atoms with van der Waals surface area (Å²) in [6.45, 7) is 0.988. The van der Waals surface area contributed by atoms with E-state index in [0.717, 1.165) is 31.6 Å². The average molecular weight is 289 g/mol. The Morgan fingerprint density at radius 3 is 3.11 bits per heavy atom. The van der Waals surface area contributed by atoms with Crippen LogP contribution in [0.25, 0.3) is 0 Å². The number of hydrogen-bond acceptors (Lipinski definition) is 4. The summed E-state index contributed by atoms with van der Waals surface area (Å²) in [6.07, 6.45) is 6.54. The fourth-order valence-electron chi connectivity index (χ4n) is 2.40. The number of H-pyrrole nitrogens is 1. The molecule has 1 saturated heterocycles. The van der Waals surface area contributed by atoms with Gasteiger partial charge in [0.1, 0.15) is 11.9 Å². The van der Waals surface area contributed by atoms with Gasteiger partial charge in [-0.1, -0.05) is 0 Å². The molecule has 0 radical (unpaired) electrons. The zero-order valence-electron chi connectivity index (χ0n) is 11.0. The number of nitrogens with two attached hydrogens (primary N) is 1. The Balaban J connectivity index is 0.00000180. The van der Waals surface area contributed by atoms with Crippen LogP contribution in [0.15, 0.2) is 12.4 Å². The number of nitrogens with one attached hydrogen (secondary N) is 1. The number of hydrogen-bond donors (Lipinski definition) is 2. The second-order valence-electron chi connectivity index (χ2n) is 4.58. The number of carbonyl (C=O) groups is 1. The summed E-state index contributed by atoms with van der Waals surface area (Å²) in [4.78, 5) is 21.4. The highest BCUT2D eigenvalue weighted by Crippen LogP contribution is 2.29. The van der Waals surface area contributed by atoms with Crippen molar-refractivity contribution in [1.29, 1.82) is 0 Å². The monoisotopic (exact) mass is 288 g/mol. The SMILES string of the molecule is COCC(N)C(=O)N1CCCCC1c1ncc[nH]1.Cl. The molecule has 3 N–H and O–H groups in total. The molecule has 19 heavy (non-hydrogen) atoms. The number of likely N-dealkylation sites (tertiary alicyclic amines) is 1. The third-order valence-corrected chi connectivity index (χ3v) is 3.28. The van der Waals surface area contributed by atoms with E-state index in [1.54, 1.807) is 19.5 Å². The summed E-state index contributed by atoms with van der Waals surface area (Å²) in [7, 11) is 1.55. The topological polar surface area (TPSA) is 84.2 Å². The van der Waals surface area contributed by atoms with Gasteiger partial charge in [0, 0.05) is 26.0 Å². The Hall–Kier alpha value is -1.11. The van der Waals surface area contributed by atoms with Crippen molar-refractivity contribution < 1.29 is 9.53 Å². The van der Waals surface area contributed by atoms with Crippen LogP contribution in [0.4, 0.5) is 0 Å². The standard InChI is InChI=1S/C12H20N4O2.ClH/c1-18-8-9(13)12(17)16-7-3-2-4-10(16)11-14-5-6-15-11;/h5-6,9-10H,2-4,7-8,13H2,1H3,(H,14,15);1H. The molecule has 1 fully saturated rings. The van der Waals surface area contributed by atoms with Gasteiger partial charge in [0.15, 0.2) is 0 Å². The molecule has 2 atom stereocenters. The maximum absolute atomic E-state index is 12.3. The summed E-state index contributed by atoms with van der Waals surface area (Å²) >= 11 is 0. The highest BCUT2D eigenvalue weighted by molar-refractivity contribution is 5.85. The number of imidazole rings is 1. The van der Waals surface area contributed by atoms with E-state index in [4.69, 9.17) is 10.5 Å². The van der Waals surface area contributed by atoms with E-state index in [9.17, 15) is 4.79 Å². The number of methoxy groups -OCH3 is 1. The number of rotatable bonds is 4. The van der Waals surface area contributed by atoms with Crippen LogP contribution < -0.4 is 5.73 Å². The molecule has 1 aromatic rings. The summed E-state index contributed by atoms with van der Waals surface area (Å²) in [5.41, 5.74) is 5.83. The van der Waals surface area contributed by atoms with Gasteiger partial charge in [-0.2, -0.15) is 0 Å². The first-order chi connectivity index (χ1) is 8.74. The summed E-state index contributed by atoms with van der Waals surface area (Å²) in [5.74, 6) is 0.783. The van der Waals surface area contributed by atoms with Crippen molar-refractivity contribution in [1.82, 2.24) is 14.9 Å². The predicted molar refractivity (Wildman–Crippen MR) is 74.0 cm³/mol. The molecule has 0 aliphatic carbocycles. The van der Waals surface area contributed by atoms with E-state index in [1.807, 2.05) is 4.90 Å². The molecule has 2 unspecified atom stereocenters. The van der Waals surface area contributed by atoms with Gasteiger partial charge in [-0.3, -0.25) is 4.79 Å². The lowest BCUT2D eigenvalue weighted by Gasteiger charge is -2.36. The second kappa shape index (κ2) is 7.47. The minimum Gasteiger partial charge on any atom is -0.383 e. The third-order valence-electron chi connectivity index (χ3n) is 3.28. The number of carbonyl (C=O) groups excluding carboxylic acids is 1. The van der Waals surface area contributed by atoms with E-state index in [0.29, 0.717) is 0 Å². The Bertz CT molecular complexity index is 385. The predicted octanol–water partition coefficient (Wildman–Crippen LogP) is 0.859. The van der Waals surface area contributed by atoms with E-state index in [1.165, 1.54) is 0 Å². The molecule has 0 aromatic carbocycles. The van der Waals surface area contributed by atoms with Crippen molar-refractivity contribution in [2.24, 2.45) is 5.73 Å². The lowest BCUT2D eigenvalue weighted by molar-refractivity contribution is -0.137. The molecule has 108 valence electrons. The molecule has 0 spiro atoms. The molecule has 0 bridgehead atoms. The van der Waals surface area contributed by atoms with Crippen LogP contribution in [-0.2, 0) is 9.53 Å². The number of aromatic nitrogens is 2. The van der Waals surface area contributed by atoms with Crippen molar-refractivity contribution in [3.8, 4) is 0 Å². The Kier molecular flexibility index (Phi) is 6.27. The first kappa shape index (κ1) is 15.9. The minimum atomic E-state index is -0.592. The Morgan fingerprint density at radius 1 is 1.68 bits per heavy atom. The van der Waals surface area contributed by atoms with Gasteiger partial charge in [-0.25, -0.2) is 4.98 Å². The lowest BCUT2D eigenvalue weighted by Crippen LogP contribution is -2.49. The van der Waals surface area contributed by atoms with Crippen molar-refractivity contribution in [3.63, 3.8) is 0 Å². The molecule has 0 saturated carbocycles. The fraction of sp³-hybridized carbons (Fsp3) is 0.667. The molecule has 6 nitrogen and oxygen atoms in total. The molecular formula is C12H21ClN4O2. The molecule has 2 heterocycles. The summed E-state index contributed by atoms with van der Waals surface area (Å²) in [6, 6.07) is -0.574. The highest BCUT2D eigenvalue weighted by Gasteiger charge is 2.32. The fourth-order valence-corrected chi connectivity index (χ4v) is 2.40. The van der Waals surface area contributed by atoms with Crippen molar-refractivity contribution >= 4 is 18.3 Å². The molecule has 2 rings (SSSR count).